The Hall–Kier alpha value is -3.12. The van der Waals surface area contributed by atoms with E-state index in [1.54, 1.807) is 0 Å². The van der Waals surface area contributed by atoms with Gasteiger partial charge in [-0.1, -0.05) is 177 Å². The maximum absolute atomic E-state index is 2.33. The summed E-state index contributed by atoms with van der Waals surface area (Å²) in [6.07, 6.45) is 0. The van der Waals surface area contributed by atoms with Crippen LogP contribution in [-0.2, 0) is 21.7 Å². The second kappa shape index (κ2) is 10.9. The van der Waals surface area contributed by atoms with Crippen molar-refractivity contribution in [2.75, 3.05) is 0 Å². The van der Waals surface area contributed by atoms with Gasteiger partial charge in [0.25, 0.3) is 0 Å². The van der Waals surface area contributed by atoms with E-state index in [1.807, 2.05) is 0 Å². The van der Waals surface area contributed by atoms with Crippen molar-refractivity contribution in [3.63, 3.8) is 0 Å². The molecule has 0 heterocycles. The number of hydrogen-bond acceptors (Lipinski definition) is 0. The average molecular weight is 477 g/mol. The third kappa shape index (κ3) is 5.49. The van der Waals surface area contributed by atoms with E-state index < -0.39 is 0 Å². The molecule has 0 aliphatic carbocycles. The number of rotatable bonds is 6. The molecule has 0 saturated heterocycles. The quantitative estimate of drug-likeness (QED) is 0.260. The maximum Gasteiger partial charge on any atom is -0.00120 e. The van der Waals surface area contributed by atoms with Crippen LogP contribution < -0.4 is 0 Å². The summed E-state index contributed by atoms with van der Waals surface area (Å²) >= 11 is 0. The average Bonchev–Trinajstić information content (AvgIpc) is 2.91. The summed E-state index contributed by atoms with van der Waals surface area (Å²) in [5.74, 6) is 0. The minimum Gasteiger partial charge on any atom is -0.0622 e. The second-order valence-electron chi connectivity index (χ2n) is 12.0. The van der Waals surface area contributed by atoms with Crippen LogP contribution in [0, 0.1) is 0 Å². The zero-order valence-electron chi connectivity index (χ0n) is 23.5. The van der Waals surface area contributed by atoms with Gasteiger partial charge in [0.05, 0.1) is 0 Å². The van der Waals surface area contributed by atoms with Crippen LogP contribution in [0.5, 0.6) is 0 Å². The molecule has 0 saturated carbocycles. The highest BCUT2D eigenvalue weighted by molar-refractivity contribution is 5.37. The van der Waals surface area contributed by atoms with E-state index in [1.165, 1.54) is 22.3 Å². The largest absolute Gasteiger partial charge is 0.0622 e. The minimum absolute atomic E-state index is 0.0929. The standard InChI is InChI=1S/2C18H22/c2*1-17(2,15-11-7-5-8-12-15)18(3,4)16-13-9-6-10-14-16/h2*5-14H,1-4H3. The maximum atomic E-state index is 2.33. The van der Waals surface area contributed by atoms with Crippen LogP contribution in [0.15, 0.2) is 121 Å². The molecule has 0 amide bonds. The van der Waals surface area contributed by atoms with Crippen molar-refractivity contribution in [3.05, 3.63) is 144 Å². The van der Waals surface area contributed by atoms with E-state index in [4.69, 9.17) is 0 Å². The molecule has 0 N–H and O–H groups in total. The molecule has 0 atom stereocenters. The summed E-state index contributed by atoms with van der Waals surface area (Å²) in [5, 5.41) is 0. The van der Waals surface area contributed by atoms with Gasteiger partial charge in [-0.05, 0) is 43.9 Å². The Bertz CT molecular complexity index is 984. The molecule has 0 bridgehead atoms. The van der Waals surface area contributed by atoms with Crippen molar-refractivity contribution < 1.29 is 0 Å². The van der Waals surface area contributed by atoms with E-state index in [2.05, 4.69) is 177 Å². The monoisotopic (exact) mass is 476 g/mol. The van der Waals surface area contributed by atoms with Gasteiger partial charge in [0.2, 0.25) is 0 Å². The lowest BCUT2D eigenvalue weighted by atomic mass is 9.61. The van der Waals surface area contributed by atoms with Crippen LogP contribution in [0.4, 0.5) is 0 Å². The first-order valence-corrected chi connectivity index (χ1v) is 13.1. The van der Waals surface area contributed by atoms with E-state index in [0.29, 0.717) is 0 Å². The highest BCUT2D eigenvalue weighted by Crippen LogP contribution is 2.44. The van der Waals surface area contributed by atoms with Crippen LogP contribution in [0.1, 0.15) is 77.6 Å². The zero-order valence-corrected chi connectivity index (χ0v) is 23.5. The fourth-order valence-corrected chi connectivity index (χ4v) is 4.86. The zero-order chi connectivity index (χ0) is 26.5. The van der Waals surface area contributed by atoms with Crippen molar-refractivity contribution in [1.82, 2.24) is 0 Å². The molecule has 0 unspecified atom stereocenters. The summed E-state index contributed by atoms with van der Waals surface area (Å²) in [7, 11) is 0. The highest BCUT2D eigenvalue weighted by atomic mass is 14.4. The molecule has 4 rings (SSSR count). The van der Waals surface area contributed by atoms with Crippen LogP contribution in [0.2, 0.25) is 0 Å². The number of hydrogen-bond donors (Lipinski definition) is 0. The lowest BCUT2D eigenvalue weighted by Crippen LogP contribution is -2.40. The van der Waals surface area contributed by atoms with E-state index in [0.717, 1.165) is 0 Å². The minimum atomic E-state index is 0.0929. The molecule has 0 spiro atoms. The molecule has 4 aromatic carbocycles. The van der Waals surface area contributed by atoms with Crippen LogP contribution >= 0.6 is 0 Å². The van der Waals surface area contributed by atoms with Crippen molar-refractivity contribution >= 4 is 0 Å². The van der Waals surface area contributed by atoms with Gasteiger partial charge in [0.1, 0.15) is 0 Å². The Balaban J connectivity index is 0.000000201. The van der Waals surface area contributed by atoms with Crippen molar-refractivity contribution in [2.45, 2.75) is 77.0 Å². The fraction of sp³-hybridized carbons (Fsp3) is 0.333. The molecule has 0 radical (unpaired) electrons. The van der Waals surface area contributed by atoms with Crippen LogP contribution in [0.3, 0.4) is 0 Å². The van der Waals surface area contributed by atoms with Crippen molar-refractivity contribution in [1.29, 1.82) is 0 Å². The van der Waals surface area contributed by atoms with Gasteiger partial charge in [-0.25, -0.2) is 0 Å². The second-order valence-corrected chi connectivity index (χ2v) is 12.0. The normalized spacial score (nSPS) is 12.4. The SMILES string of the molecule is CC(C)(c1ccccc1)C(C)(C)c1ccccc1.CC(C)(c1ccccc1)C(C)(C)c1ccccc1. The van der Waals surface area contributed by atoms with E-state index in [-0.39, 0.29) is 21.7 Å². The third-order valence-corrected chi connectivity index (χ3v) is 9.11. The molecule has 0 fully saturated rings. The van der Waals surface area contributed by atoms with Crippen LogP contribution in [0.25, 0.3) is 0 Å². The predicted octanol–water partition coefficient (Wildman–Crippen LogP) is 9.88. The van der Waals surface area contributed by atoms with Gasteiger partial charge in [0.15, 0.2) is 0 Å². The summed E-state index contributed by atoms with van der Waals surface area (Å²) in [5.41, 5.74) is 5.92. The van der Waals surface area contributed by atoms with Crippen molar-refractivity contribution in [2.24, 2.45) is 0 Å². The molecule has 4 aromatic rings. The van der Waals surface area contributed by atoms with Crippen molar-refractivity contribution in [3.8, 4) is 0 Å². The molecule has 0 aliphatic heterocycles. The molecule has 0 heteroatoms. The predicted molar refractivity (Wildman–Crippen MR) is 158 cm³/mol. The van der Waals surface area contributed by atoms with Gasteiger partial charge in [-0.2, -0.15) is 0 Å². The highest BCUT2D eigenvalue weighted by Gasteiger charge is 2.40. The Labute approximate surface area is 220 Å². The number of benzene rings is 4. The Morgan fingerprint density at radius 2 is 0.389 bits per heavy atom. The smallest absolute Gasteiger partial charge is 0.00120 e. The Kier molecular flexibility index (Phi) is 8.29. The van der Waals surface area contributed by atoms with E-state index in [9.17, 15) is 0 Å². The topological polar surface area (TPSA) is 0 Å². The van der Waals surface area contributed by atoms with Gasteiger partial charge in [0, 0.05) is 0 Å². The summed E-state index contributed by atoms with van der Waals surface area (Å²) in [6, 6.07) is 43.1. The van der Waals surface area contributed by atoms with Crippen LogP contribution in [-0.4, -0.2) is 0 Å². The molecule has 0 nitrogen and oxygen atoms in total. The lowest BCUT2D eigenvalue weighted by Gasteiger charge is -2.43. The van der Waals surface area contributed by atoms with Gasteiger partial charge >= 0.3 is 0 Å². The first kappa shape index (κ1) is 27.5. The fourth-order valence-electron chi connectivity index (χ4n) is 4.86. The van der Waals surface area contributed by atoms with Gasteiger partial charge in [-0.15, -0.1) is 0 Å². The Morgan fingerprint density at radius 3 is 0.528 bits per heavy atom. The molecule has 188 valence electrons. The molecular formula is C36H44. The summed E-state index contributed by atoms with van der Waals surface area (Å²) < 4.78 is 0. The van der Waals surface area contributed by atoms with Gasteiger partial charge in [-0.3, -0.25) is 0 Å². The summed E-state index contributed by atoms with van der Waals surface area (Å²) in [6.45, 7) is 18.6. The molecule has 0 aliphatic rings. The van der Waals surface area contributed by atoms with E-state index >= 15 is 0 Å². The Morgan fingerprint density at radius 1 is 0.250 bits per heavy atom. The molecule has 0 aromatic heterocycles. The molecular weight excluding hydrogens is 432 g/mol. The first-order chi connectivity index (χ1) is 16.9. The summed E-state index contributed by atoms with van der Waals surface area (Å²) in [4.78, 5) is 0. The lowest BCUT2D eigenvalue weighted by molar-refractivity contribution is 0.303. The van der Waals surface area contributed by atoms with Gasteiger partial charge < -0.3 is 0 Å². The molecule has 36 heavy (non-hydrogen) atoms. The third-order valence-electron chi connectivity index (χ3n) is 9.11. The first-order valence-electron chi connectivity index (χ1n) is 13.1.